The third-order valence-corrected chi connectivity index (χ3v) is 6.11. The molecule has 3 aromatic carbocycles. The van der Waals surface area contributed by atoms with E-state index in [1.807, 2.05) is 43.3 Å². The van der Waals surface area contributed by atoms with Crippen LogP contribution in [0, 0.1) is 23.0 Å². The number of aryl methyl sites for hydroxylation is 1. The number of benzene rings is 3. The monoisotopic (exact) mass is 483 g/mol. The molecule has 0 aliphatic rings. The van der Waals surface area contributed by atoms with Crippen LogP contribution in [0.25, 0.3) is 0 Å². The molecule has 6 nitrogen and oxygen atoms in total. The van der Waals surface area contributed by atoms with E-state index < -0.39 is 4.92 Å². The Hall–Kier alpha value is -3.03. The van der Waals surface area contributed by atoms with Gasteiger partial charge in [0.05, 0.1) is 10.6 Å². The highest BCUT2D eigenvalue weighted by molar-refractivity contribution is 8.13. The van der Waals surface area contributed by atoms with E-state index in [4.69, 9.17) is 16.6 Å². The number of phenols is 1. The molecule has 0 fully saturated rings. The number of nitro benzene ring substituents is 1. The molecule has 0 spiro atoms. The van der Waals surface area contributed by atoms with E-state index in [2.05, 4.69) is 18.7 Å². The van der Waals surface area contributed by atoms with Gasteiger partial charge in [-0.3, -0.25) is 10.1 Å². The van der Waals surface area contributed by atoms with E-state index in [9.17, 15) is 15.2 Å². The van der Waals surface area contributed by atoms with Crippen molar-refractivity contribution < 1.29 is 10.0 Å². The molecule has 33 heavy (non-hydrogen) atoms. The minimum Gasteiger partial charge on any atom is -0.508 e. The number of halogens is 1. The fourth-order valence-corrected chi connectivity index (χ4v) is 4.25. The first kappa shape index (κ1) is 24.6. The van der Waals surface area contributed by atoms with Gasteiger partial charge in [0.1, 0.15) is 10.8 Å². The second-order valence-corrected chi connectivity index (χ2v) is 9.59. The molecule has 172 valence electrons. The molecule has 0 aliphatic carbocycles. The van der Waals surface area contributed by atoms with E-state index in [1.54, 1.807) is 18.2 Å². The third kappa shape index (κ3) is 7.23. The number of hydrogen-bond acceptors (Lipinski definition) is 5. The summed E-state index contributed by atoms with van der Waals surface area (Å²) < 4.78 is 0. The molecule has 0 aromatic heterocycles. The van der Waals surface area contributed by atoms with Crippen molar-refractivity contribution in [1.82, 2.24) is 4.90 Å². The second-order valence-electron chi connectivity index (χ2n) is 8.14. The summed E-state index contributed by atoms with van der Waals surface area (Å²) in [6.45, 7) is 7.60. The number of aliphatic imine (C=N–C) groups is 1. The van der Waals surface area contributed by atoms with Gasteiger partial charge in [0.25, 0.3) is 5.69 Å². The molecule has 0 amide bonds. The molecule has 8 heteroatoms. The van der Waals surface area contributed by atoms with Crippen molar-refractivity contribution in [1.29, 1.82) is 0 Å². The lowest BCUT2D eigenvalue weighted by molar-refractivity contribution is -0.384. The standard InChI is InChI=1S/C25H26ClN3O3S/c1-17(2)15-28(16-19-6-9-21(30)10-7-19)25(33-22-11-4-18(3)5-12-22)27-20-8-13-23(26)24(14-20)29(31)32/h4-14,17,30H,15-16H2,1-3H3. The van der Waals surface area contributed by atoms with Crippen molar-refractivity contribution in [3.63, 3.8) is 0 Å². The van der Waals surface area contributed by atoms with Crippen LogP contribution in [-0.2, 0) is 6.54 Å². The van der Waals surface area contributed by atoms with Crippen molar-refractivity contribution in [2.45, 2.75) is 32.2 Å². The van der Waals surface area contributed by atoms with E-state index in [-0.39, 0.29) is 16.5 Å². The summed E-state index contributed by atoms with van der Waals surface area (Å²) in [6, 6.07) is 19.8. The molecule has 0 heterocycles. The Balaban J connectivity index is 2.04. The van der Waals surface area contributed by atoms with Gasteiger partial charge >= 0.3 is 0 Å². The number of nitrogens with zero attached hydrogens (tertiary/aromatic N) is 3. The summed E-state index contributed by atoms with van der Waals surface area (Å²) >= 11 is 7.50. The number of rotatable bonds is 7. The Labute approximate surface area is 203 Å². The van der Waals surface area contributed by atoms with Crippen LogP contribution in [-0.4, -0.2) is 26.6 Å². The van der Waals surface area contributed by atoms with Crippen LogP contribution in [0.15, 0.2) is 76.6 Å². The molecule has 0 unspecified atom stereocenters. The SMILES string of the molecule is Cc1ccc(SC(=Nc2ccc(Cl)c([N+](=O)[O-])c2)N(Cc2ccc(O)cc2)CC(C)C)cc1. The predicted molar refractivity (Wildman–Crippen MR) is 136 cm³/mol. The fourth-order valence-electron chi connectivity index (χ4n) is 3.16. The van der Waals surface area contributed by atoms with Crippen LogP contribution in [0.3, 0.4) is 0 Å². The summed E-state index contributed by atoms with van der Waals surface area (Å²) in [5.41, 5.74) is 2.47. The maximum atomic E-state index is 11.4. The average molecular weight is 484 g/mol. The third-order valence-electron chi connectivity index (χ3n) is 4.75. The van der Waals surface area contributed by atoms with Crippen molar-refractivity contribution in [3.05, 3.63) is 93.0 Å². The smallest absolute Gasteiger partial charge is 0.290 e. The molecule has 3 aromatic rings. The van der Waals surface area contributed by atoms with Crippen LogP contribution in [0.2, 0.25) is 5.02 Å². The van der Waals surface area contributed by atoms with Crippen molar-refractivity contribution >= 4 is 39.9 Å². The first-order valence-electron chi connectivity index (χ1n) is 10.5. The number of aromatic hydroxyl groups is 1. The van der Waals surface area contributed by atoms with Crippen molar-refractivity contribution in [2.75, 3.05) is 6.54 Å². The van der Waals surface area contributed by atoms with Gasteiger partial charge in [-0.1, -0.05) is 67.0 Å². The Kier molecular flexibility index (Phi) is 8.36. The van der Waals surface area contributed by atoms with Gasteiger partial charge in [-0.15, -0.1) is 0 Å². The molecule has 0 saturated heterocycles. The summed E-state index contributed by atoms with van der Waals surface area (Å²) in [7, 11) is 0. The predicted octanol–water partition coefficient (Wildman–Crippen LogP) is 7.20. The quantitative estimate of drug-likeness (QED) is 0.126. The first-order valence-corrected chi connectivity index (χ1v) is 11.7. The van der Waals surface area contributed by atoms with Gasteiger partial charge in [0.15, 0.2) is 5.17 Å². The highest BCUT2D eigenvalue weighted by Gasteiger charge is 2.18. The van der Waals surface area contributed by atoms with Crippen molar-refractivity contribution in [3.8, 4) is 5.75 Å². The van der Waals surface area contributed by atoms with Crippen LogP contribution in [0.1, 0.15) is 25.0 Å². The molecule has 0 saturated carbocycles. The Bertz CT molecular complexity index is 1130. The van der Waals surface area contributed by atoms with Gasteiger partial charge in [-0.25, -0.2) is 4.99 Å². The van der Waals surface area contributed by atoms with Gasteiger partial charge in [0, 0.05) is 24.1 Å². The summed E-state index contributed by atoms with van der Waals surface area (Å²) in [5.74, 6) is 0.566. The normalized spacial score (nSPS) is 11.6. The molecular formula is C25H26ClN3O3S. The minimum absolute atomic E-state index is 0.0785. The number of phenolic OH excluding ortho intramolecular Hbond substituents is 1. The minimum atomic E-state index is -0.504. The molecule has 1 N–H and O–H groups in total. The lowest BCUT2D eigenvalue weighted by Gasteiger charge is -2.28. The Morgan fingerprint density at radius 1 is 1.12 bits per heavy atom. The topological polar surface area (TPSA) is 79.0 Å². The summed E-state index contributed by atoms with van der Waals surface area (Å²) in [6.07, 6.45) is 0. The van der Waals surface area contributed by atoms with Gasteiger partial charge in [-0.2, -0.15) is 0 Å². The highest BCUT2D eigenvalue weighted by Crippen LogP contribution is 2.32. The lowest BCUT2D eigenvalue weighted by atomic mass is 10.1. The summed E-state index contributed by atoms with van der Waals surface area (Å²) in [4.78, 5) is 18.9. The van der Waals surface area contributed by atoms with E-state index in [0.29, 0.717) is 18.2 Å². The van der Waals surface area contributed by atoms with Gasteiger partial charge in [0.2, 0.25) is 0 Å². The number of thioether (sulfide) groups is 1. The van der Waals surface area contributed by atoms with Gasteiger partial charge < -0.3 is 10.0 Å². The molecule has 0 radical (unpaired) electrons. The van der Waals surface area contributed by atoms with Crippen LogP contribution in [0.4, 0.5) is 11.4 Å². The van der Waals surface area contributed by atoms with E-state index >= 15 is 0 Å². The van der Waals surface area contributed by atoms with Crippen molar-refractivity contribution in [2.24, 2.45) is 10.9 Å². The zero-order valence-electron chi connectivity index (χ0n) is 18.7. The Morgan fingerprint density at radius 3 is 2.39 bits per heavy atom. The maximum absolute atomic E-state index is 11.4. The first-order chi connectivity index (χ1) is 15.7. The van der Waals surface area contributed by atoms with Crippen LogP contribution in [0.5, 0.6) is 5.75 Å². The maximum Gasteiger partial charge on any atom is 0.290 e. The van der Waals surface area contributed by atoms with E-state index in [1.165, 1.54) is 23.9 Å². The molecule has 0 atom stereocenters. The molecule has 0 bridgehead atoms. The van der Waals surface area contributed by atoms with Crippen LogP contribution >= 0.6 is 23.4 Å². The second kappa shape index (κ2) is 11.2. The molecule has 0 aliphatic heterocycles. The molecule has 3 rings (SSSR count). The Morgan fingerprint density at radius 2 is 1.79 bits per heavy atom. The highest BCUT2D eigenvalue weighted by atomic mass is 35.5. The number of nitro groups is 1. The lowest BCUT2D eigenvalue weighted by Crippen LogP contribution is -2.32. The zero-order chi connectivity index (χ0) is 24.0. The average Bonchev–Trinajstić information content (AvgIpc) is 2.76. The largest absolute Gasteiger partial charge is 0.508 e. The fraction of sp³-hybridized carbons (Fsp3) is 0.240. The zero-order valence-corrected chi connectivity index (χ0v) is 20.3. The van der Waals surface area contributed by atoms with Crippen LogP contribution < -0.4 is 0 Å². The number of amidine groups is 1. The molecular weight excluding hydrogens is 458 g/mol. The van der Waals surface area contributed by atoms with Gasteiger partial charge in [-0.05, 0) is 54.8 Å². The number of hydrogen-bond donors (Lipinski definition) is 1. The summed E-state index contributed by atoms with van der Waals surface area (Å²) in [5, 5.41) is 21.8. The van der Waals surface area contributed by atoms with E-state index in [0.717, 1.165) is 27.7 Å².